The van der Waals surface area contributed by atoms with Gasteiger partial charge in [-0.1, -0.05) is 30.3 Å². The van der Waals surface area contributed by atoms with E-state index in [1.807, 2.05) is 36.4 Å². The molecular formula is C23H24N4O4. The molecule has 4 rings (SSSR count). The lowest BCUT2D eigenvalue weighted by Gasteiger charge is -2.26. The molecule has 0 aliphatic carbocycles. The molecule has 3 atom stereocenters. The Balaban J connectivity index is 1.44. The van der Waals surface area contributed by atoms with Crippen molar-refractivity contribution in [1.29, 1.82) is 5.26 Å². The van der Waals surface area contributed by atoms with Crippen molar-refractivity contribution in [3.63, 3.8) is 0 Å². The fourth-order valence-electron chi connectivity index (χ4n) is 3.91. The molecule has 1 aliphatic rings. The molecule has 8 heteroatoms. The highest BCUT2D eigenvalue weighted by atomic mass is 16.4. The van der Waals surface area contributed by atoms with Crippen molar-refractivity contribution in [2.75, 3.05) is 13.1 Å². The summed E-state index contributed by atoms with van der Waals surface area (Å²) in [5.74, 6) is -0.949. The maximum absolute atomic E-state index is 12.4. The van der Waals surface area contributed by atoms with Crippen molar-refractivity contribution in [2.24, 2.45) is 13.0 Å². The summed E-state index contributed by atoms with van der Waals surface area (Å²) < 4.78 is 6.64. The Hall–Kier alpha value is -3.41. The fraction of sp³-hybridized carbons (Fsp3) is 0.348. The molecule has 8 nitrogen and oxygen atoms in total. The van der Waals surface area contributed by atoms with E-state index in [0.717, 1.165) is 22.2 Å². The van der Waals surface area contributed by atoms with Crippen LogP contribution < -0.4 is 16.4 Å². The highest BCUT2D eigenvalue weighted by Crippen LogP contribution is 2.24. The maximum Gasteiger partial charge on any atom is 0.419 e. The Morgan fingerprint density at radius 3 is 2.74 bits per heavy atom. The second-order valence-corrected chi connectivity index (χ2v) is 7.95. The number of nitrogens with one attached hydrogen (secondary N) is 2. The normalized spacial score (nSPS) is 19.6. The molecule has 0 radical (unpaired) electrons. The first-order valence-electron chi connectivity index (χ1n) is 10.2. The summed E-state index contributed by atoms with van der Waals surface area (Å²) in [5.41, 5.74) is 4.11. The van der Waals surface area contributed by atoms with Gasteiger partial charge < -0.3 is 20.2 Å². The van der Waals surface area contributed by atoms with E-state index in [1.54, 1.807) is 13.1 Å². The summed E-state index contributed by atoms with van der Waals surface area (Å²) in [6.45, 7) is 0.990. The minimum absolute atomic E-state index is 0.214. The van der Waals surface area contributed by atoms with Crippen LogP contribution >= 0.6 is 0 Å². The van der Waals surface area contributed by atoms with Crippen LogP contribution in [0.2, 0.25) is 0 Å². The number of oxazole rings is 1. The number of aryl methyl sites for hydroxylation is 1. The number of hydrogen-bond donors (Lipinski definition) is 3. The first-order chi connectivity index (χ1) is 14.9. The average Bonchev–Trinajstić information content (AvgIpc) is 3.06. The van der Waals surface area contributed by atoms with E-state index in [9.17, 15) is 20.0 Å². The molecule has 3 aromatic rings. The first-order valence-corrected chi connectivity index (χ1v) is 10.2. The number of carbonyl (C=O) groups excluding carboxylic acids is 1. The van der Waals surface area contributed by atoms with Gasteiger partial charge in [0.25, 0.3) is 0 Å². The number of β-amino-alcohol motifs (C(OH)–C–C–N with tert-alkyl or cyclic N) is 1. The van der Waals surface area contributed by atoms with E-state index in [2.05, 4.69) is 16.7 Å². The number of fused-ring (bicyclic) bond motifs is 1. The van der Waals surface area contributed by atoms with Gasteiger partial charge in [-0.2, -0.15) is 5.26 Å². The zero-order valence-corrected chi connectivity index (χ0v) is 17.2. The average molecular weight is 420 g/mol. The quantitative estimate of drug-likeness (QED) is 0.573. The highest BCUT2D eigenvalue weighted by Gasteiger charge is 2.27. The molecule has 0 spiro atoms. The smallest absolute Gasteiger partial charge is 0.408 e. The van der Waals surface area contributed by atoms with Gasteiger partial charge in [0, 0.05) is 26.6 Å². The van der Waals surface area contributed by atoms with E-state index in [1.165, 1.54) is 4.57 Å². The van der Waals surface area contributed by atoms with Gasteiger partial charge >= 0.3 is 5.76 Å². The summed E-state index contributed by atoms with van der Waals surface area (Å²) in [4.78, 5) is 24.1. The number of benzene rings is 2. The largest absolute Gasteiger partial charge is 0.419 e. The third-order valence-corrected chi connectivity index (χ3v) is 5.69. The number of hydrogen-bond acceptors (Lipinski definition) is 6. The van der Waals surface area contributed by atoms with Crippen molar-refractivity contribution in [1.82, 2.24) is 15.2 Å². The monoisotopic (exact) mass is 420 g/mol. The van der Waals surface area contributed by atoms with E-state index in [4.69, 9.17) is 4.42 Å². The summed E-state index contributed by atoms with van der Waals surface area (Å²) in [6.07, 6.45) is 0.250. The van der Waals surface area contributed by atoms with E-state index in [0.29, 0.717) is 31.5 Å². The number of carbonyl (C=O) groups is 1. The minimum atomic E-state index is -0.644. The van der Waals surface area contributed by atoms with Crippen LogP contribution in [0.15, 0.2) is 51.7 Å². The lowest BCUT2D eigenvalue weighted by Crippen LogP contribution is -2.48. The molecule has 0 saturated carbocycles. The van der Waals surface area contributed by atoms with Gasteiger partial charge in [0.2, 0.25) is 5.91 Å². The lowest BCUT2D eigenvalue weighted by molar-refractivity contribution is -0.127. The zero-order chi connectivity index (χ0) is 22.0. The molecule has 1 fully saturated rings. The van der Waals surface area contributed by atoms with Crippen LogP contribution in [-0.2, 0) is 18.3 Å². The van der Waals surface area contributed by atoms with Gasteiger partial charge in [-0.25, -0.2) is 4.79 Å². The Morgan fingerprint density at radius 2 is 2.03 bits per heavy atom. The summed E-state index contributed by atoms with van der Waals surface area (Å²) in [5, 5.41) is 25.0. The first kappa shape index (κ1) is 20.8. The van der Waals surface area contributed by atoms with Crippen LogP contribution in [0.3, 0.4) is 0 Å². The number of piperidine rings is 1. The number of aliphatic hydroxyl groups excluding tert-OH is 1. The van der Waals surface area contributed by atoms with Crippen molar-refractivity contribution >= 4 is 17.0 Å². The molecule has 160 valence electrons. The summed E-state index contributed by atoms with van der Waals surface area (Å²) >= 11 is 0. The number of aliphatic hydroxyl groups is 1. The molecule has 31 heavy (non-hydrogen) atoms. The van der Waals surface area contributed by atoms with E-state index < -0.39 is 17.9 Å². The molecule has 0 bridgehead atoms. The van der Waals surface area contributed by atoms with Crippen LogP contribution in [0.5, 0.6) is 0 Å². The molecule has 1 aliphatic heterocycles. The highest BCUT2D eigenvalue weighted by molar-refractivity contribution is 5.81. The zero-order valence-electron chi connectivity index (χ0n) is 17.2. The van der Waals surface area contributed by atoms with Gasteiger partial charge in [0.15, 0.2) is 5.58 Å². The topological polar surface area (TPSA) is 120 Å². The number of nitriles is 1. The second-order valence-electron chi connectivity index (χ2n) is 7.95. The lowest BCUT2D eigenvalue weighted by atomic mass is 9.96. The minimum Gasteiger partial charge on any atom is -0.408 e. The summed E-state index contributed by atoms with van der Waals surface area (Å²) in [7, 11) is 1.67. The molecule has 3 N–H and O–H groups in total. The Bertz CT molecular complexity index is 1190. The number of amides is 1. The number of rotatable bonds is 5. The molecule has 2 unspecified atom stereocenters. The van der Waals surface area contributed by atoms with Crippen LogP contribution in [0.4, 0.5) is 0 Å². The molecule has 1 saturated heterocycles. The van der Waals surface area contributed by atoms with Crippen molar-refractivity contribution in [3.05, 3.63) is 58.6 Å². The predicted molar refractivity (Wildman–Crippen MR) is 115 cm³/mol. The Kier molecular flexibility index (Phi) is 5.89. The van der Waals surface area contributed by atoms with Gasteiger partial charge in [-0.15, -0.1) is 0 Å². The maximum atomic E-state index is 12.4. The Morgan fingerprint density at radius 1 is 1.29 bits per heavy atom. The summed E-state index contributed by atoms with van der Waals surface area (Å²) in [6, 6.07) is 14.8. The third-order valence-electron chi connectivity index (χ3n) is 5.69. The van der Waals surface area contributed by atoms with Crippen LogP contribution in [0, 0.1) is 17.2 Å². The van der Waals surface area contributed by atoms with E-state index >= 15 is 0 Å². The SMILES string of the molecule is Cn1c(=O)oc2ccc(-c3ccc(C[C@@H](C#N)NC(=O)C4CNCC(O)C4)cc3)cc21. The number of aromatic nitrogens is 1. The van der Waals surface area contributed by atoms with Gasteiger partial charge in [0.05, 0.1) is 23.6 Å². The van der Waals surface area contributed by atoms with Gasteiger partial charge in [0.1, 0.15) is 6.04 Å². The standard InChI is InChI=1S/C23H24N4O4/c1-27-20-10-16(6-7-21(20)31-23(27)30)15-4-2-14(3-5-15)8-18(11-24)26-22(29)17-9-19(28)13-25-12-17/h2-7,10,17-19,25,28H,8-9,12-13H2,1H3,(H,26,29)/t17?,18-,19?/m0/s1. The Labute approximate surface area is 179 Å². The molecular weight excluding hydrogens is 396 g/mol. The third kappa shape index (κ3) is 4.53. The molecule has 1 aromatic heterocycles. The molecule has 2 heterocycles. The number of nitrogens with zero attached hydrogens (tertiary/aromatic N) is 2. The van der Waals surface area contributed by atoms with Crippen molar-refractivity contribution in [3.8, 4) is 17.2 Å². The predicted octanol–water partition coefficient (Wildman–Crippen LogP) is 1.32. The van der Waals surface area contributed by atoms with E-state index in [-0.39, 0.29) is 11.8 Å². The van der Waals surface area contributed by atoms with Crippen LogP contribution in [-0.4, -0.2) is 40.8 Å². The molecule has 1 amide bonds. The second kappa shape index (κ2) is 8.76. The molecule has 2 aromatic carbocycles. The van der Waals surface area contributed by atoms with Gasteiger partial charge in [-0.3, -0.25) is 9.36 Å². The fourth-order valence-corrected chi connectivity index (χ4v) is 3.91. The van der Waals surface area contributed by atoms with Crippen molar-refractivity contribution in [2.45, 2.75) is 25.0 Å². The van der Waals surface area contributed by atoms with Crippen LogP contribution in [0.25, 0.3) is 22.2 Å². The van der Waals surface area contributed by atoms with Crippen molar-refractivity contribution < 1.29 is 14.3 Å². The van der Waals surface area contributed by atoms with Crippen LogP contribution in [0.1, 0.15) is 12.0 Å². The van der Waals surface area contributed by atoms with Gasteiger partial charge in [-0.05, 0) is 35.2 Å².